The molecule has 0 atom stereocenters. The summed E-state index contributed by atoms with van der Waals surface area (Å²) in [5.74, 6) is 0.820. The molecule has 1 saturated heterocycles. The zero-order valence-corrected chi connectivity index (χ0v) is 17.8. The van der Waals surface area contributed by atoms with Crippen molar-refractivity contribution in [1.82, 2.24) is 24.6 Å². The Labute approximate surface area is 178 Å². The molecule has 1 aliphatic heterocycles. The first-order valence-electron chi connectivity index (χ1n) is 10.7. The number of aromatic nitrogens is 3. The van der Waals surface area contributed by atoms with Gasteiger partial charge in [-0.25, -0.2) is 9.67 Å². The van der Waals surface area contributed by atoms with Gasteiger partial charge in [-0.05, 0) is 43.0 Å². The lowest BCUT2D eigenvalue weighted by molar-refractivity contribution is 0.0760. The molecule has 0 bridgehead atoms. The van der Waals surface area contributed by atoms with Crippen LogP contribution in [0.15, 0.2) is 54.9 Å². The largest absolute Gasteiger partial charge is 0.337 e. The fourth-order valence-electron chi connectivity index (χ4n) is 4.10. The van der Waals surface area contributed by atoms with E-state index in [1.54, 1.807) is 17.1 Å². The van der Waals surface area contributed by atoms with E-state index in [4.69, 9.17) is 0 Å². The van der Waals surface area contributed by atoms with E-state index in [2.05, 4.69) is 53.1 Å². The highest BCUT2D eigenvalue weighted by atomic mass is 16.2. The average Bonchev–Trinajstić information content (AvgIpc) is 3.07. The van der Waals surface area contributed by atoms with Crippen molar-refractivity contribution in [2.24, 2.45) is 0 Å². The number of carbonyl (C=O) groups excluding carboxylic acids is 1. The third-order valence-electron chi connectivity index (χ3n) is 5.83. The van der Waals surface area contributed by atoms with Crippen molar-refractivity contribution in [3.8, 4) is 5.82 Å². The molecule has 0 N–H and O–H groups in total. The van der Waals surface area contributed by atoms with E-state index < -0.39 is 0 Å². The number of carbonyl (C=O) groups is 1. The molecule has 1 amide bonds. The van der Waals surface area contributed by atoms with Crippen molar-refractivity contribution in [3.05, 3.63) is 77.2 Å². The first kappa shape index (κ1) is 20.3. The maximum absolute atomic E-state index is 13.3. The second-order valence-electron chi connectivity index (χ2n) is 7.81. The van der Waals surface area contributed by atoms with Gasteiger partial charge in [0.2, 0.25) is 0 Å². The lowest BCUT2D eigenvalue weighted by Gasteiger charge is -2.22. The van der Waals surface area contributed by atoms with Crippen molar-refractivity contribution in [2.45, 2.75) is 33.2 Å². The summed E-state index contributed by atoms with van der Waals surface area (Å²) in [6, 6.07) is 14.3. The van der Waals surface area contributed by atoms with Crippen LogP contribution in [0.2, 0.25) is 0 Å². The summed E-state index contributed by atoms with van der Waals surface area (Å²) >= 11 is 0. The summed E-state index contributed by atoms with van der Waals surface area (Å²) in [7, 11) is 0. The highest BCUT2D eigenvalue weighted by Gasteiger charge is 2.25. The molecule has 1 aliphatic rings. The fraction of sp³-hybridized carbons (Fsp3) is 0.375. The summed E-state index contributed by atoms with van der Waals surface area (Å²) in [6.07, 6.45) is 5.15. The van der Waals surface area contributed by atoms with Crippen LogP contribution in [-0.2, 0) is 13.0 Å². The summed E-state index contributed by atoms with van der Waals surface area (Å²) in [5.41, 5.74) is 4.29. The molecule has 0 radical (unpaired) electrons. The van der Waals surface area contributed by atoms with Gasteiger partial charge in [0.05, 0.1) is 17.5 Å². The van der Waals surface area contributed by atoms with E-state index in [0.717, 1.165) is 57.1 Å². The minimum atomic E-state index is 0.0757. The van der Waals surface area contributed by atoms with E-state index >= 15 is 0 Å². The highest BCUT2D eigenvalue weighted by molar-refractivity contribution is 5.95. The summed E-state index contributed by atoms with van der Waals surface area (Å²) in [6.45, 7) is 8.56. The lowest BCUT2D eigenvalue weighted by Crippen LogP contribution is -2.35. The Morgan fingerprint density at radius 3 is 2.63 bits per heavy atom. The van der Waals surface area contributed by atoms with Crippen molar-refractivity contribution in [2.75, 3.05) is 26.2 Å². The molecule has 4 rings (SSSR count). The van der Waals surface area contributed by atoms with Crippen LogP contribution in [0.1, 0.15) is 40.5 Å². The molecule has 0 aliphatic carbocycles. The van der Waals surface area contributed by atoms with Gasteiger partial charge in [0.1, 0.15) is 0 Å². The van der Waals surface area contributed by atoms with Gasteiger partial charge in [0, 0.05) is 38.9 Å². The Bertz CT molecular complexity index is 998. The molecule has 6 nitrogen and oxygen atoms in total. The molecular weight excluding hydrogens is 374 g/mol. The van der Waals surface area contributed by atoms with Gasteiger partial charge in [0.15, 0.2) is 5.82 Å². The Morgan fingerprint density at radius 1 is 1.03 bits per heavy atom. The SMILES string of the molecule is CCc1c(C(=O)N2CCCN(Cc3ccccc3C)CC2)cnn1-c1ccccn1. The van der Waals surface area contributed by atoms with Gasteiger partial charge in [-0.15, -0.1) is 0 Å². The number of hydrogen-bond acceptors (Lipinski definition) is 4. The summed E-state index contributed by atoms with van der Waals surface area (Å²) in [5, 5.41) is 4.47. The Kier molecular flexibility index (Phi) is 6.23. The van der Waals surface area contributed by atoms with E-state index in [-0.39, 0.29) is 5.91 Å². The van der Waals surface area contributed by atoms with Crippen LogP contribution in [-0.4, -0.2) is 56.7 Å². The van der Waals surface area contributed by atoms with Crippen LogP contribution in [0.4, 0.5) is 0 Å². The predicted octanol–water partition coefficient (Wildman–Crippen LogP) is 3.49. The van der Waals surface area contributed by atoms with Crippen LogP contribution in [0.25, 0.3) is 5.82 Å². The molecule has 0 unspecified atom stereocenters. The minimum Gasteiger partial charge on any atom is -0.337 e. The monoisotopic (exact) mass is 403 g/mol. The molecule has 3 heterocycles. The van der Waals surface area contributed by atoms with Crippen LogP contribution >= 0.6 is 0 Å². The number of pyridine rings is 1. The minimum absolute atomic E-state index is 0.0757. The van der Waals surface area contributed by atoms with Gasteiger partial charge < -0.3 is 4.90 Å². The van der Waals surface area contributed by atoms with Crippen LogP contribution in [0.3, 0.4) is 0 Å². The van der Waals surface area contributed by atoms with E-state index in [9.17, 15) is 4.79 Å². The van der Waals surface area contributed by atoms with Crippen LogP contribution < -0.4 is 0 Å². The topological polar surface area (TPSA) is 54.3 Å². The number of nitrogens with zero attached hydrogens (tertiary/aromatic N) is 5. The quantitative estimate of drug-likeness (QED) is 0.654. The molecule has 3 aromatic rings. The summed E-state index contributed by atoms with van der Waals surface area (Å²) < 4.78 is 1.79. The third kappa shape index (κ3) is 4.28. The number of rotatable bonds is 5. The zero-order chi connectivity index (χ0) is 20.9. The van der Waals surface area contributed by atoms with Gasteiger partial charge in [-0.3, -0.25) is 9.69 Å². The Hall–Kier alpha value is -2.99. The molecule has 1 aromatic carbocycles. The van der Waals surface area contributed by atoms with Crippen molar-refractivity contribution < 1.29 is 4.79 Å². The first-order valence-corrected chi connectivity index (χ1v) is 10.7. The third-order valence-corrected chi connectivity index (χ3v) is 5.83. The second-order valence-corrected chi connectivity index (χ2v) is 7.81. The average molecular weight is 404 g/mol. The highest BCUT2D eigenvalue weighted by Crippen LogP contribution is 2.18. The maximum Gasteiger partial charge on any atom is 0.257 e. The second kappa shape index (κ2) is 9.22. The number of amides is 1. The number of aryl methyl sites for hydroxylation is 1. The molecule has 6 heteroatoms. The molecular formula is C24H29N5O. The molecule has 30 heavy (non-hydrogen) atoms. The first-order chi connectivity index (χ1) is 14.7. The van der Waals surface area contributed by atoms with Gasteiger partial charge in [-0.2, -0.15) is 5.10 Å². The predicted molar refractivity (Wildman–Crippen MR) is 118 cm³/mol. The Morgan fingerprint density at radius 2 is 1.87 bits per heavy atom. The van der Waals surface area contributed by atoms with E-state index in [0.29, 0.717) is 5.56 Å². The number of benzene rings is 1. The van der Waals surface area contributed by atoms with Gasteiger partial charge in [-0.1, -0.05) is 37.3 Å². The van der Waals surface area contributed by atoms with Crippen molar-refractivity contribution in [3.63, 3.8) is 0 Å². The molecule has 1 fully saturated rings. The van der Waals surface area contributed by atoms with Crippen LogP contribution in [0, 0.1) is 6.92 Å². The fourth-order valence-corrected chi connectivity index (χ4v) is 4.10. The van der Waals surface area contributed by atoms with E-state index in [1.807, 2.05) is 23.1 Å². The molecule has 156 valence electrons. The summed E-state index contributed by atoms with van der Waals surface area (Å²) in [4.78, 5) is 22.1. The molecule has 0 saturated carbocycles. The molecule has 0 spiro atoms. The van der Waals surface area contributed by atoms with E-state index in [1.165, 1.54) is 11.1 Å². The van der Waals surface area contributed by atoms with Gasteiger partial charge >= 0.3 is 0 Å². The lowest BCUT2D eigenvalue weighted by atomic mass is 10.1. The van der Waals surface area contributed by atoms with Crippen LogP contribution in [0.5, 0.6) is 0 Å². The van der Waals surface area contributed by atoms with Gasteiger partial charge in [0.25, 0.3) is 5.91 Å². The smallest absolute Gasteiger partial charge is 0.257 e. The molecule has 2 aromatic heterocycles. The van der Waals surface area contributed by atoms with Crippen molar-refractivity contribution >= 4 is 5.91 Å². The zero-order valence-electron chi connectivity index (χ0n) is 17.8. The normalized spacial score (nSPS) is 15.2. The number of hydrogen-bond donors (Lipinski definition) is 0. The Balaban J connectivity index is 1.47. The van der Waals surface area contributed by atoms with Crippen molar-refractivity contribution in [1.29, 1.82) is 0 Å². The standard InChI is InChI=1S/C24H29N5O/c1-3-22-21(17-26-29(22)23-11-6-7-12-25-23)24(30)28-14-8-13-27(15-16-28)18-20-10-5-4-9-19(20)2/h4-7,9-12,17H,3,8,13-16,18H2,1-2H3. The maximum atomic E-state index is 13.3.